The average Bonchev–Trinajstić information content (AvgIpc) is 1.86. The SMILES string of the molecule is Cc1[c]nc(C(F)(F)F)cc1. The summed E-state index contributed by atoms with van der Waals surface area (Å²) < 4.78 is 35.5. The zero-order chi connectivity index (χ0) is 8.48. The van der Waals surface area contributed by atoms with Crippen LogP contribution in [0, 0.1) is 13.1 Å². The molecule has 0 amide bonds. The summed E-state index contributed by atoms with van der Waals surface area (Å²) >= 11 is 0. The summed E-state index contributed by atoms with van der Waals surface area (Å²) in [4.78, 5) is 3.10. The van der Waals surface area contributed by atoms with Crippen LogP contribution in [0.5, 0.6) is 0 Å². The van der Waals surface area contributed by atoms with Crippen LogP contribution in [0.1, 0.15) is 11.3 Å². The van der Waals surface area contributed by atoms with Gasteiger partial charge in [-0.1, -0.05) is 6.07 Å². The van der Waals surface area contributed by atoms with E-state index >= 15 is 0 Å². The molecule has 1 rings (SSSR count). The van der Waals surface area contributed by atoms with Crippen LogP contribution in [0.2, 0.25) is 0 Å². The van der Waals surface area contributed by atoms with Crippen molar-refractivity contribution in [3.63, 3.8) is 0 Å². The normalized spacial score (nSPS) is 11.6. The Bertz CT molecular complexity index is 237. The van der Waals surface area contributed by atoms with Crippen LogP contribution in [0.15, 0.2) is 12.1 Å². The van der Waals surface area contributed by atoms with Crippen molar-refractivity contribution in [3.05, 3.63) is 29.6 Å². The standard InChI is InChI=1S/C7H5F3N/c1-5-2-3-6(11-4-5)7(8,9)10/h2-3H,1H3. The zero-order valence-corrected chi connectivity index (χ0v) is 5.74. The molecule has 0 saturated carbocycles. The Morgan fingerprint density at radius 1 is 1.36 bits per heavy atom. The highest BCUT2D eigenvalue weighted by Gasteiger charge is 2.31. The molecule has 0 aliphatic heterocycles. The molecule has 0 saturated heterocycles. The highest BCUT2D eigenvalue weighted by atomic mass is 19.4. The van der Waals surface area contributed by atoms with Crippen molar-refractivity contribution in [2.45, 2.75) is 13.1 Å². The molecule has 0 fully saturated rings. The molecule has 0 spiro atoms. The number of aromatic nitrogens is 1. The number of hydrogen-bond donors (Lipinski definition) is 0. The van der Waals surface area contributed by atoms with E-state index in [1.165, 1.54) is 6.07 Å². The molecule has 1 heterocycles. The fourth-order valence-corrected chi connectivity index (χ4v) is 0.585. The second-order valence-electron chi connectivity index (χ2n) is 2.12. The molecule has 4 heteroatoms. The molecule has 0 aliphatic carbocycles. The van der Waals surface area contributed by atoms with Crippen LogP contribution in [0.3, 0.4) is 0 Å². The highest BCUT2D eigenvalue weighted by Crippen LogP contribution is 2.26. The lowest BCUT2D eigenvalue weighted by Crippen LogP contribution is -2.07. The Hall–Kier alpha value is -1.06. The van der Waals surface area contributed by atoms with Crippen molar-refractivity contribution in [2.75, 3.05) is 0 Å². The number of halogens is 3. The van der Waals surface area contributed by atoms with E-state index in [1.807, 2.05) is 0 Å². The summed E-state index contributed by atoms with van der Waals surface area (Å²) in [6.07, 6.45) is -2.12. The van der Waals surface area contributed by atoms with Gasteiger partial charge in [0.15, 0.2) is 0 Å². The van der Waals surface area contributed by atoms with E-state index in [-0.39, 0.29) is 0 Å². The second-order valence-corrected chi connectivity index (χ2v) is 2.12. The topological polar surface area (TPSA) is 12.9 Å². The van der Waals surface area contributed by atoms with Crippen molar-refractivity contribution in [1.82, 2.24) is 4.98 Å². The van der Waals surface area contributed by atoms with E-state index < -0.39 is 11.9 Å². The van der Waals surface area contributed by atoms with Crippen LogP contribution in [0.4, 0.5) is 13.2 Å². The lowest BCUT2D eigenvalue weighted by Gasteiger charge is -2.03. The van der Waals surface area contributed by atoms with Gasteiger partial charge in [0.05, 0.1) is 6.20 Å². The lowest BCUT2D eigenvalue weighted by atomic mass is 10.3. The van der Waals surface area contributed by atoms with Gasteiger partial charge in [-0.3, -0.25) is 0 Å². The Morgan fingerprint density at radius 2 is 2.00 bits per heavy atom. The largest absolute Gasteiger partial charge is 0.433 e. The van der Waals surface area contributed by atoms with E-state index in [1.54, 1.807) is 6.92 Å². The van der Waals surface area contributed by atoms with Crippen LogP contribution in [-0.2, 0) is 6.18 Å². The molecule has 0 bridgehead atoms. The van der Waals surface area contributed by atoms with E-state index in [4.69, 9.17) is 0 Å². The van der Waals surface area contributed by atoms with E-state index in [0.29, 0.717) is 5.56 Å². The molecule has 0 unspecified atom stereocenters. The number of rotatable bonds is 0. The van der Waals surface area contributed by atoms with Crippen molar-refractivity contribution in [3.8, 4) is 0 Å². The minimum Gasteiger partial charge on any atom is -0.241 e. The molecule has 0 atom stereocenters. The predicted molar refractivity (Wildman–Crippen MR) is 32.8 cm³/mol. The van der Waals surface area contributed by atoms with E-state index in [9.17, 15) is 13.2 Å². The number of alkyl halides is 3. The maximum absolute atomic E-state index is 11.8. The zero-order valence-electron chi connectivity index (χ0n) is 5.74. The molecule has 0 N–H and O–H groups in total. The molecular formula is C7H5F3N. The first-order chi connectivity index (χ1) is 5.00. The van der Waals surface area contributed by atoms with E-state index in [2.05, 4.69) is 11.2 Å². The van der Waals surface area contributed by atoms with Gasteiger partial charge in [-0.2, -0.15) is 13.2 Å². The van der Waals surface area contributed by atoms with Gasteiger partial charge in [-0.25, -0.2) is 4.98 Å². The minimum absolute atomic E-state index is 0.595. The summed E-state index contributed by atoms with van der Waals surface area (Å²) in [6, 6.07) is 2.27. The third-order valence-electron chi connectivity index (χ3n) is 1.13. The quantitative estimate of drug-likeness (QED) is 0.567. The van der Waals surface area contributed by atoms with Crippen LogP contribution >= 0.6 is 0 Å². The second kappa shape index (κ2) is 2.53. The fraction of sp³-hybridized carbons (Fsp3) is 0.286. The molecule has 0 aromatic carbocycles. The lowest BCUT2D eigenvalue weighted by molar-refractivity contribution is -0.141. The van der Waals surface area contributed by atoms with Crippen LogP contribution in [0.25, 0.3) is 0 Å². The van der Waals surface area contributed by atoms with Gasteiger partial charge in [-0.15, -0.1) is 0 Å². The molecule has 0 aliphatic rings. The summed E-state index contributed by atoms with van der Waals surface area (Å²) in [5.74, 6) is 0. The monoisotopic (exact) mass is 160 g/mol. The van der Waals surface area contributed by atoms with Gasteiger partial charge >= 0.3 is 6.18 Å². The molecule has 1 aromatic heterocycles. The van der Waals surface area contributed by atoms with Crippen LogP contribution in [-0.4, -0.2) is 4.98 Å². The molecule has 1 nitrogen and oxygen atoms in total. The Labute approximate surface area is 61.9 Å². The summed E-state index contributed by atoms with van der Waals surface area (Å²) in [5.41, 5.74) is -0.305. The van der Waals surface area contributed by atoms with Crippen molar-refractivity contribution < 1.29 is 13.2 Å². The number of pyridine rings is 1. The molecule has 1 radical (unpaired) electrons. The maximum Gasteiger partial charge on any atom is 0.433 e. The average molecular weight is 160 g/mol. The Kier molecular flexibility index (Phi) is 1.85. The van der Waals surface area contributed by atoms with Crippen molar-refractivity contribution in [1.29, 1.82) is 0 Å². The minimum atomic E-state index is -4.36. The first-order valence-corrected chi connectivity index (χ1v) is 2.92. The fourth-order valence-electron chi connectivity index (χ4n) is 0.585. The molecule has 1 aromatic rings. The van der Waals surface area contributed by atoms with Crippen LogP contribution < -0.4 is 0 Å². The summed E-state index contributed by atoms with van der Waals surface area (Å²) in [7, 11) is 0. The number of nitrogens with zero attached hydrogens (tertiary/aromatic N) is 1. The third-order valence-corrected chi connectivity index (χ3v) is 1.13. The smallest absolute Gasteiger partial charge is 0.241 e. The van der Waals surface area contributed by atoms with Gasteiger partial charge in [-0.05, 0) is 18.6 Å². The van der Waals surface area contributed by atoms with Crippen molar-refractivity contribution in [2.24, 2.45) is 0 Å². The van der Waals surface area contributed by atoms with Gasteiger partial charge in [0.2, 0.25) is 0 Å². The highest BCUT2D eigenvalue weighted by molar-refractivity contribution is 5.13. The predicted octanol–water partition coefficient (Wildman–Crippen LogP) is 2.21. The molecule has 59 valence electrons. The van der Waals surface area contributed by atoms with Gasteiger partial charge in [0.25, 0.3) is 0 Å². The Morgan fingerprint density at radius 3 is 2.36 bits per heavy atom. The molecular weight excluding hydrogens is 155 g/mol. The summed E-state index contributed by atoms with van der Waals surface area (Å²) in [5, 5.41) is 0. The van der Waals surface area contributed by atoms with E-state index in [0.717, 1.165) is 6.07 Å². The Balaban J connectivity index is 2.99. The molecule has 11 heavy (non-hydrogen) atoms. The van der Waals surface area contributed by atoms with Gasteiger partial charge < -0.3 is 0 Å². The maximum atomic E-state index is 11.8. The third kappa shape index (κ3) is 1.93. The number of hydrogen-bond acceptors (Lipinski definition) is 1. The first-order valence-electron chi connectivity index (χ1n) is 2.92. The van der Waals surface area contributed by atoms with Gasteiger partial charge in [0, 0.05) is 0 Å². The van der Waals surface area contributed by atoms with Crippen molar-refractivity contribution >= 4 is 0 Å². The number of aryl methyl sites for hydroxylation is 1. The first kappa shape index (κ1) is 8.04. The summed E-state index contributed by atoms with van der Waals surface area (Å²) in [6.45, 7) is 1.63. The van der Waals surface area contributed by atoms with Gasteiger partial charge in [0.1, 0.15) is 5.69 Å².